The van der Waals surface area contributed by atoms with Crippen LogP contribution in [0.2, 0.25) is 0 Å². The Labute approximate surface area is 94.1 Å². The molecule has 0 aromatic rings. The molecule has 4 rings (SSSR count). The molecule has 0 aliphatic heterocycles. The van der Waals surface area contributed by atoms with Gasteiger partial charge in [0, 0.05) is 0 Å². The second-order valence-electron chi connectivity index (χ2n) is 6.77. The van der Waals surface area contributed by atoms with E-state index in [1.807, 2.05) is 0 Å². The van der Waals surface area contributed by atoms with Crippen molar-refractivity contribution in [2.45, 2.75) is 46.5 Å². The predicted octanol–water partition coefficient (Wildman–Crippen LogP) is 4.27. The molecule has 0 amide bonds. The molecule has 84 valence electrons. The summed E-state index contributed by atoms with van der Waals surface area (Å²) in [5, 5.41) is 0. The molecule has 0 heterocycles. The molecular weight excluding hydrogens is 180 g/mol. The fraction of sp³-hybridized carbons (Fsp3) is 0.867. The molecule has 4 aliphatic carbocycles. The molecule has 2 saturated carbocycles. The van der Waals surface area contributed by atoms with Gasteiger partial charge >= 0.3 is 0 Å². The van der Waals surface area contributed by atoms with Gasteiger partial charge in [-0.1, -0.05) is 39.3 Å². The minimum Gasteiger partial charge on any atom is -0.0846 e. The van der Waals surface area contributed by atoms with E-state index in [0.29, 0.717) is 5.41 Å². The Kier molecular flexibility index (Phi) is 2.06. The summed E-state index contributed by atoms with van der Waals surface area (Å²) in [7, 11) is 0. The van der Waals surface area contributed by atoms with Crippen LogP contribution in [0.3, 0.4) is 0 Å². The maximum atomic E-state index is 2.58. The Morgan fingerprint density at radius 1 is 1.13 bits per heavy atom. The smallest absolute Gasteiger partial charge is 0.0113 e. The molecule has 0 N–H and O–H groups in total. The molecule has 0 heteroatoms. The lowest BCUT2D eigenvalue weighted by Crippen LogP contribution is -2.29. The van der Waals surface area contributed by atoms with Crippen molar-refractivity contribution in [3.63, 3.8) is 0 Å². The van der Waals surface area contributed by atoms with Crippen molar-refractivity contribution in [3.8, 4) is 0 Å². The molecule has 0 saturated heterocycles. The molecule has 0 radical (unpaired) electrons. The van der Waals surface area contributed by atoms with Gasteiger partial charge in [0.2, 0.25) is 0 Å². The van der Waals surface area contributed by atoms with Gasteiger partial charge in [-0.25, -0.2) is 0 Å². The number of rotatable bonds is 0. The maximum absolute atomic E-state index is 2.58. The first kappa shape index (κ1) is 9.93. The highest BCUT2D eigenvalue weighted by Gasteiger charge is 2.49. The van der Waals surface area contributed by atoms with Gasteiger partial charge in [-0.15, -0.1) is 0 Å². The lowest BCUT2D eigenvalue weighted by Gasteiger charge is -2.38. The van der Waals surface area contributed by atoms with Crippen molar-refractivity contribution in [2.75, 3.05) is 0 Å². The molecule has 0 spiro atoms. The summed E-state index contributed by atoms with van der Waals surface area (Å²) in [6.45, 7) is 7.48. The van der Waals surface area contributed by atoms with Crippen LogP contribution < -0.4 is 0 Å². The summed E-state index contributed by atoms with van der Waals surface area (Å²) in [6, 6.07) is 0. The number of allylic oxidation sites excluding steroid dienone is 2. The van der Waals surface area contributed by atoms with E-state index in [-0.39, 0.29) is 0 Å². The van der Waals surface area contributed by atoms with Crippen LogP contribution in [-0.4, -0.2) is 0 Å². The molecule has 4 aliphatic rings. The summed E-state index contributed by atoms with van der Waals surface area (Å²) in [4.78, 5) is 0. The van der Waals surface area contributed by atoms with Crippen LogP contribution in [0.25, 0.3) is 0 Å². The van der Waals surface area contributed by atoms with Gasteiger partial charge in [0.15, 0.2) is 0 Å². The van der Waals surface area contributed by atoms with Crippen LogP contribution in [0, 0.1) is 35.0 Å². The van der Waals surface area contributed by atoms with Crippen molar-refractivity contribution in [1.82, 2.24) is 0 Å². The lowest BCUT2D eigenvalue weighted by molar-refractivity contribution is 0.175. The largest absolute Gasteiger partial charge is 0.0846 e. The normalized spacial score (nSPS) is 57.9. The fourth-order valence-electron chi connectivity index (χ4n) is 4.83. The van der Waals surface area contributed by atoms with E-state index >= 15 is 0 Å². The first-order valence-electron chi connectivity index (χ1n) is 6.79. The molecule has 0 nitrogen and oxygen atoms in total. The van der Waals surface area contributed by atoms with Gasteiger partial charge < -0.3 is 0 Å². The Morgan fingerprint density at radius 2 is 1.93 bits per heavy atom. The van der Waals surface area contributed by atoms with Crippen LogP contribution in [0.5, 0.6) is 0 Å². The minimum atomic E-state index is 0.543. The van der Waals surface area contributed by atoms with E-state index in [0.717, 1.165) is 29.6 Å². The van der Waals surface area contributed by atoms with Crippen LogP contribution in [0.1, 0.15) is 46.5 Å². The third-order valence-electron chi connectivity index (χ3n) is 5.79. The highest BCUT2D eigenvalue weighted by molar-refractivity contribution is 5.15. The Hall–Kier alpha value is -0.260. The average molecular weight is 204 g/mol. The standard InChI is InChI=1S/C15H24/c1-10-4-5-14-13(10)8-12-6-7-15(14,3)9-11(12)2/h6-7,10-14H,4-5,8-9H2,1-3H3. The molecule has 2 fully saturated rings. The highest BCUT2D eigenvalue weighted by atomic mass is 14.5. The molecule has 0 aromatic carbocycles. The topological polar surface area (TPSA) is 0 Å². The van der Waals surface area contributed by atoms with Gasteiger partial charge in [0.25, 0.3) is 0 Å². The van der Waals surface area contributed by atoms with E-state index in [4.69, 9.17) is 0 Å². The highest BCUT2D eigenvalue weighted by Crippen LogP contribution is 2.58. The third-order valence-corrected chi connectivity index (χ3v) is 5.79. The molecule has 15 heavy (non-hydrogen) atoms. The Morgan fingerprint density at radius 3 is 2.67 bits per heavy atom. The van der Waals surface area contributed by atoms with E-state index in [2.05, 4.69) is 32.9 Å². The van der Waals surface area contributed by atoms with Crippen LogP contribution in [0.15, 0.2) is 12.2 Å². The van der Waals surface area contributed by atoms with E-state index < -0.39 is 0 Å². The number of hydrogen-bond donors (Lipinski definition) is 0. The molecule has 2 bridgehead atoms. The van der Waals surface area contributed by atoms with Gasteiger partial charge in [-0.05, 0) is 54.3 Å². The monoisotopic (exact) mass is 204 g/mol. The first-order valence-corrected chi connectivity index (χ1v) is 6.79. The summed E-state index contributed by atoms with van der Waals surface area (Å²) < 4.78 is 0. The Balaban J connectivity index is 1.99. The van der Waals surface area contributed by atoms with Crippen molar-refractivity contribution in [1.29, 1.82) is 0 Å². The fourth-order valence-corrected chi connectivity index (χ4v) is 4.83. The van der Waals surface area contributed by atoms with Gasteiger partial charge in [0.1, 0.15) is 0 Å². The van der Waals surface area contributed by atoms with Gasteiger partial charge in [-0.3, -0.25) is 0 Å². The summed E-state index contributed by atoms with van der Waals surface area (Å²) in [6.07, 6.45) is 11.0. The summed E-state index contributed by atoms with van der Waals surface area (Å²) in [5.74, 6) is 4.84. The third kappa shape index (κ3) is 1.33. The second-order valence-corrected chi connectivity index (χ2v) is 6.77. The van der Waals surface area contributed by atoms with Gasteiger partial charge in [0.05, 0.1) is 0 Å². The lowest BCUT2D eigenvalue weighted by atomic mass is 9.67. The maximum Gasteiger partial charge on any atom is -0.0113 e. The number of fused-ring (bicyclic) bond motifs is 1. The average Bonchev–Trinajstić information content (AvgIpc) is 2.41. The first-order chi connectivity index (χ1) is 7.10. The quantitative estimate of drug-likeness (QED) is 0.517. The predicted molar refractivity (Wildman–Crippen MR) is 64.5 cm³/mol. The SMILES string of the molecule is CC1CC2(C)C=CC1CC1C(C)CCC12. The zero-order valence-electron chi connectivity index (χ0n) is 10.4. The minimum absolute atomic E-state index is 0.543. The van der Waals surface area contributed by atoms with Crippen molar-refractivity contribution in [3.05, 3.63) is 12.2 Å². The van der Waals surface area contributed by atoms with Gasteiger partial charge in [-0.2, -0.15) is 0 Å². The van der Waals surface area contributed by atoms with Crippen LogP contribution in [-0.2, 0) is 0 Å². The zero-order valence-corrected chi connectivity index (χ0v) is 10.4. The molecular formula is C15H24. The van der Waals surface area contributed by atoms with Crippen molar-refractivity contribution in [2.24, 2.45) is 35.0 Å². The molecule has 6 unspecified atom stereocenters. The van der Waals surface area contributed by atoms with Crippen LogP contribution in [0.4, 0.5) is 0 Å². The van der Waals surface area contributed by atoms with Crippen molar-refractivity contribution >= 4 is 0 Å². The molecule has 6 atom stereocenters. The van der Waals surface area contributed by atoms with E-state index in [1.54, 1.807) is 0 Å². The zero-order chi connectivity index (χ0) is 10.6. The van der Waals surface area contributed by atoms with E-state index in [9.17, 15) is 0 Å². The summed E-state index contributed by atoms with van der Waals surface area (Å²) >= 11 is 0. The molecule has 0 aromatic heterocycles. The van der Waals surface area contributed by atoms with Crippen molar-refractivity contribution < 1.29 is 0 Å². The summed E-state index contributed by atoms with van der Waals surface area (Å²) in [5.41, 5.74) is 0.543. The van der Waals surface area contributed by atoms with E-state index in [1.165, 1.54) is 25.7 Å². The Bertz CT molecular complexity index is 290. The van der Waals surface area contributed by atoms with Crippen LogP contribution >= 0.6 is 0 Å². The number of hydrogen-bond acceptors (Lipinski definition) is 0. The second kappa shape index (κ2) is 3.12.